The first-order valence-electron chi connectivity index (χ1n) is 7.19. The van der Waals surface area contributed by atoms with Gasteiger partial charge >= 0.3 is 172 Å². The Balaban J connectivity index is 1.31. The van der Waals surface area contributed by atoms with Gasteiger partial charge < -0.3 is 0 Å². The summed E-state index contributed by atoms with van der Waals surface area (Å²) < 4.78 is 3.65. The molecule has 3 aliphatic rings. The summed E-state index contributed by atoms with van der Waals surface area (Å²) in [5.41, 5.74) is 0. The molecule has 0 aliphatic carbocycles. The Morgan fingerprint density at radius 3 is 1.50 bits per heavy atom. The quantitative estimate of drug-likeness (QED) is 0.289. The van der Waals surface area contributed by atoms with Gasteiger partial charge in [-0.1, -0.05) is 0 Å². The zero-order valence-electron chi connectivity index (χ0n) is 11.4. The second kappa shape index (κ2) is 8.95. The van der Waals surface area contributed by atoms with Crippen molar-refractivity contribution in [3.05, 3.63) is 0 Å². The SMILES string of the molecule is [Te]=C(CC1CS1)CC1C[Se]C(CC(=[Te])CC2CS2)C[Se]1. The third-order valence-corrected chi connectivity index (χ3v) is 15.5. The Labute approximate surface area is 170 Å². The van der Waals surface area contributed by atoms with Gasteiger partial charge in [-0.05, 0) is 0 Å². The van der Waals surface area contributed by atoms with Gasteiger partial charge in [0, 0.05) is 0 Å². The van der Waals surface area contributed by atoms with E-state index in [1.807, 2.05) is 7.10 Å². The zero-order chi connectivity index (χ0) is 13.9. The van der Waals surface area contributed by atoms with Gasteiger partial charge in [0.25, 0.3) is 0 Å². The Bertz CT molecular complexity index is 339. The molecule has 0 bridgehead atoms. The third kappa shape index (κ3) is 6.89. The number of rotatable bonds is 8. The van der Waals surface area contributed by atoms with Crippen molar-refractivity contribution in [2.45, 2.75) is 56.5 Å². The van der Waals surface area contributed by atoms with Gasteiger partial charge in [0.05, 0.1) is 0 Å². The third-order valence-electron chi connectivity index (χ3n) is 3.66. The van der Waals surface area contributed by atoms with Crippen LogP contribution in [0.25, 0.3) is 0 Å². The normalized spacial score (nSPS) is 35.6. The second-order valence-electron chi connectivity index (χ2n) is 5.72. The predicted octanol–water partition coefficient (Wildman–Crippen LogP) is 2.29. The van der Waals surface area contributed by atoms with Crippen LogP contribution in [0.3, 0.4) is 0 Å². The standard InChI is InChI=1S/C14H20S2Se2Te2/c19-13(1-9-5-15-9)3-11-7-18-12(8-17-11)4-14(20)2-10-6-16-10/h9-12H,1-8H2. The van der Waals surface area contributed by atoms with E-state index in [-0.39, 0.29) is 0 Å². The molecule has 3 aliphatic heterocycles. The summed E-state index contributed by atoms with van der Waals surface area (Å²) in [7, 11) is 0. The maximum atomic E-state index is 2.35. The van der Waals surface area contributed by atoms with E-state index in [9.17, 15) is 0 Å². The average molecular weight is 666 g/mol. The van der Waals surface area contributed by atoms with Gasteiger partial charge in [0.1, 0.15) is 0 Å². The fraction of sp³-hybridized carbons (Fsp3) is 0.857. The molecule has 3 heterocycles. The molecule has 0 spiro atoms. The maximum absolute atomic E-state index is 2.35. The van der Waals surface area contributed by atoms with Crippen molar-refractivity contribution in [2.24, 2.45) is 0 Å². The van der Waals surface area contributed by atoms with Crippen molar-refractivity contribution in [1.82, 2.24) is 0 Å². The molecule has 20 heavy (non-hydrogen) atoms. The summed E-state index contributed by atoms with van der Waals surface area (Å²) in [4.78, 5) is 2.23. The molecule has 0 nitrogen and oxygen atoms in total. The second-order valence-corrected chi connectivity index (χ2v) is 17.3. The van der Waals surface area contributed by atoms with Gasteiger partial charge in [-0.2, -0.15) is 0 Å². The van der Waals surface area contributed by atoms with Crippen LogP contribution in [0.1, 0.15) is 25.7 Å². The van der Waals surface area contributed by atoms with Crippen LogP contribution in [0.4, 0.5) is 0 Å². The van der Waals surface area contributed by atoms with Crippen LogP contribution < -0.4 is 0 Å². The summed E-state index contributed by atoms with van der Waals surface area (Å²) >= 11 is 10.9. The molecular formula is C14H20S2Se2Te2. The van der Waals surface area contributed by atoms with Gasteiger partial charge in [0.15, 0.2) is 0 Å². The monoisotopic (exact) mass is 672 g/mol. The van der Waals surface area contributed by atoms with Crippen molar-refractivity contribution >= 4 is 104 Å². The van der Waals surface area contributed by atoms with E-state index >= 15 is 0 Å². The fourth-order valence-corrected chi connectivity index (χ4v) is 16.0. The van der Waals surface area contributed by atoms with E-state index in [1.54, 1.807) is 10.6 Å². The molecule has 6 heteroatoms. The number of hydrogen-bond acceptors (Lipinski definition) is 2. The summed E-state index contributed by atoms with van der Waals surface area (Å²) in [5, 5.41) is 5.23. The molecule has 3 saturated heterocycles. The summed E-state index contributed by atoms with van der Waals surface area (Å²) in [6, 6.07) is 0. The predicted molar refractivity (Wildman–Crippen MR) is 101 cm³/mol. The molecule has 0 saturated carbocycles. The average Bonchev–Trinajstić information content (AvgIpc) is 3.28. The van der Waals surface area contributed by atoms with Crippen molar-refractivity contribution in [3.63, 3.8) is 0 Å². The molecule has 0 radical (unpaired) electrons. The Morgan fingerprint density at radius 2 is 1.20 bits per heavy atom. The molecule has 0 aromatic heterocycles. The van der Waals surface area contributed by atoms with Crippen molar-refractivity contribution in [2.75, 3.05) is 11.5 Å². The van der Waals surface area contributed by atoms with Crippen molar-refractivity contribution in [1.29, 1.82) is 0 Å². The van der Waals surface area contributed by atoms with Crippen LogP contribution in [0.5, 0.6) is 0 Å². The molecule has 0 N–H and O–H groups in total. The van der Waals surface area contributed by atoms with Gasteiger partial charge in [-0.3, -0.25) is 0 Å². The van der Waals surface area contributed by atoms with E-state index in [4.69, 9.17) is 0 Å². The Hall–Kier alpha value is 3.06. The molecular weight excluding hydrogens is 645 g/mol. The summed E-state index contributed by atoms with van der Waals surface area (Å²) in [5.74, 6) is 2.88. The summed E-state index contributed by atoms with van der Waals surface area (Å²) in [6.45, 7) is 0. The van der Waals surface area contributed by atoms with Gasteiger partial charge in [-0.25, -0.2) is 0 Å². The minimum atomic E-state index is 0.944. The number of hydrogen-bond donors (Lipinski definition) is 0. The first-order valence-corrected chi connectivity index (χ1v) is 16.0. The molecule has 3 rings (SSSR count). The topological polar surface area (TPSA) is 0 Å². The van der Waals surface area contributed by atoms with E-state index < -0.39 is 0 Å². The molecule has 4 unspecified atom stereocenters. The van der Waals surface area contributed by atoms with Crippen LogP contribution in [0, 0.1) is 0 Å². The molecule has 4 atom stereocenters. The Kier molecular flexibility index (Phi) is 8.00. The van der Waals surface area contributed by atoms with E-state index in [0.29, 0.717) is 0 Å². The van der Waals surface area contributed by atoms with E-state index in [0.717, 1.165) is 50.0 Å². The van der Waals surface area contributed by atoms with Crippen LogP contribution in [0.2, 0.25) is 20.3 Å². The molecule has 3 fully saturated rings. The number of thioether (sulfide) groups is 2. The van der Waals surface area contributed by atoms with Gasteiger partial charge in [0.2, 0.25) is 0 Å². The molecule has 112 valence electrons. The zero-order valence-corrected chi connectivity index (χ0v) is 21.1. The van der Waals surface area contributed by atoms with Crippen molar-refractivity contribution in [3.8, 4) is 0 Å². The first kappa shape index (κ1) is 17.9. The Morgan fingerprint density at radius 1 is 0.800 bits per heavy atom. The first-order chi connectivity index (χ1) is 9.69. The summed E-state index contributed by atoms with van der Waals surface area (Å²) in [6.07, 6.45) is 5.84. The van der Waals surface area contributed by atoms with Crippen LogP contribution >= 0.6 is 23.5 Å². The van der Waals surface area contributed by atoms with Gasteiger partial charge in [-0.15, -0.1) is 0 Å². The van der Waals surface area contributed by atoms with Crippen molar-refractivity contribution < 1.29 is 0 Å². The molecule has 0 aromatic carbocycles. The molecule has 0 amide bonds. The van der Waals surface area contributed by atoms with E-state index in [2.05, 4.69) is 67.2 Å². The van der Waals surface area contributed by atoms with E-state index in [1.165, 1.54) is 37.2 Å². The minimum absolute atomic E-state index is 0.944. The van der Waals surface area contributed by atoms with Crippen LogP contribution in [0.15, 0.2) is 0 Å². The molecule has 0 aromatic rings. The fourth-order valence-electron chi connectivity index (χ4n) is 2.37. The van der Waals surface area contributed by atoms with Crippen LogP contribution in [-0.2, 0) is 0 Å². The van der Waals surface area contributed by atoms with Crippen LogP contribution in [-0.4, -0.2) is 103 Å².